The Morgan fingerprint density at radius 2 is 2.04 bits per heavy atom. The van der Waals surface area contributed by atoms with Crippen molar-refractivity contribution in [2.45, 2.75) is 13.3 Å². The third kappa shape index (κ3) is 2.87. The highest BCUT2D eigenvalue weighted by Crippen LogP contribution is 2.21. The van der Waals surface area contributed by atoms with E-state index in [-0.39, 0.29) is 5.91 Å². The van der Waals surface area contributed by atoms with Gasteiger partial charge in [-0.15, -0.1) is 0 Å². The fourth-order valence-electron chi connectivity index (χ4n) is 3.11. The van der Waals surface area contributed by atoms with Crippen molar-refractivity contribution < 1.29 is 4.79 Å². The summed E-state index contributed by atoms with van der Waals surface area (Å²) in [5.74, 6) is 1.00. The molecule has 7 heteroatoms. The van der Waals surface area contributed by atoms with Crippen molar-refractivity contribution in [3.05, 3.63) is 41.9 Å². The second kappa shape index (κ2) is 6.24. The molecule has 24 heavy (non-hydrogen) atoms. The first kappa shape index (κ1) is 15.1. The molecule has 1 saturated heterocycles. The van der Waals surface area contributed by atoms with Gasteiger partial charge in [-0.25, -0.2) is 4.98 Å². The molecule has 0 atom stereocenters. The van der Waals surface area contributed by atoms with Gasteiger partial charge in [-0.2, -0.15) is 4.37 Å². The summed E-state index contributed by atoms with van der Waals surface area (Å²) in [5.41, 5.74) is 2.15. The number of carbonyl (C=O) groups is 1. The third-order valence-electron chi connectivity index (χ3n) is 4.44. The number of H-pyrrole nitrogens is 1. The van der Waals surface area contributed by atoms with Gasteiger partial charge >= 0.3 is 0 Å². The third-order valence-corrected chi connectivity index (χ3v) is 5.30. The highest BCUT2D eigenvalue weighted by atomic mass is 32.1. The molecule has 4 rings (SSSR count). The van der Waals surface area contributed by atoms with Crippen LogP contribution in [0.3, 0.4) is 0 Å². The summed E-state index contributed by atoms with van der Waals surface area (Å²) in [6.45, 7) is 5.00. The number of piperazine rings is 1. The average Bonchev–Trinajstić information content (AvgIpc) is 3.22. The zero-order chi connectivity index (χ0) is 16.5. The predicted octanol–water partition coefficient (Wildman–Crippen LogP) is 2.22. The zero-order valence-corrected chi connectivity index (χ0v) is 14.3. The molecule has 2 aromatic heterocycles. The Labute approximate surface area is 144 Å². The van der Waals surface area contributed by atoms with Gasteiger partial charge in [0.25, 0.3) is 0 Å². The van der Waals surface area contributed by atoms with Crippen molar-refractivity contribution >= 4 is 33.5 Å². The summed E-state index contributed by atoms with van der Waals surface area (Å²) >= 11 is 1.43. The van der Waals surface area contributed by atoms with Crippen LogP contribution in [0.25, 0.3) is 10.9 Å². The molecule has 0 saturated carbocycles. The molecule has 0 spiro atoms. The van der Waals surface area contributed by atoms with Crippen molar-refractivity contribution in [3.8, 4) is 0 Å². The molecule has 0 aliphatic carbocycles. The van der Waals surface area contributed by atoms with Crippen molar-refractivity contribution in [2.75, 3.05) is 31.1 Å². The number of aromatic amines is 1. The number of rotatable bonds is 3. The molecular formula is C17H19N5OS. The van der Waals surface area contributed by atoms with Crippen LogP contribution in [0.1, 0.15) is 11.4 Å². The molecule has 0 unspecified atom stereocenters. The molecule has 1 aliphatic heterocycles. The van der Waals surface area contributed by atoms with Crippen molar-refractivity contribution in [3.63, 3.8) is 0 Å². The topological polar surface area (TPSA) is 65.1 Å². The molecule has 1 N–H and O–H groups in total. The number of fused-ring (bicyclic) bond motifs is 1. The molecule has 0 bridgehead atoms. The first-order chi connectivity index (χ1) is 11.7. The van der Waals surface area contributed by atoms with Gasteiger partial charge in [-0.1, -0.05) is 18.2 Å². The Balaban J connectivity index is 1.39. The summed E-state index contributed by atoms with van der Waals surface area (Å²) in [6.07, 6.45) is 2.39. The van der Waals surface area contributed by atoms with E-state index >= 15 is 0 Å². The smallest absolute Gasteiger partial charge is 0.227 e. The molecule has 3 heterocycles. The minimum absolute atomic E-state index is 0.188. The number of amides is 1. The Morgan fingerprint density at radius 1 is 1.25 bits per heavy atom. The van der Waals surface area contributed by atoms with Crippen LogP contribution in [0.2, 0.25) is 0 Å². The Bertz CT molecular complexity index is 863. The lowest BCUT2D eigenvalue weighted by Crippen LogP contribution is -2.49. The quantitative estimate of drug-likeness (QED) is 0.793. The lowest BCUT2D eigenvalue weighted by atomic mass is 10.1. The number of benzene rings is 1. The van der Waals surface area contributed by atoms with Crippen LogP contribution in [-0.4, -0.2) is 51.3 Å². The Hall–Kier alpha value is -2.41. The van der Waals surface area contributed by atoms with Gasteiger partial charge in [0, 0.05) is 54.8 Å². The lowest BCUT2D eigenvalue weighted by molar-refractivity contribution is -0.130. The van der Waals surface area contributed by atoms with Crippen molar-refractivity contribution in [1.82, 2.24) is 19.2 Å². The number of anilines is 1. The molecule has 1 fully saturated rings. The van der Waals surface area contributed by atoms with E-state index in [0.717, 1.165) is 53.6 Å². The number of aromatic nitrogens is 3. The van der Waals surface area contributed by atoms with E-state index in [1.165, 1.54) is 11.5 Å². The normalized spacial score (nSPS) is 15.2. The Morgan fingerprint density at radius 3 is 2.79 bits per heavy atom. The second-order valence-electron chi connectivity index (χ2n) is 6.03. The second-order valence-corrected chi connectivity index (χ2v) is 6.76. The standard InChI is InChI=1S/C17H19N5OS/c1-12-19-17(24-20-12)22-8-6-21(7-9-22)16(23)10-13-11-18-15-5-3-2-4-14(13)15/h2-5,11,18H,6-10H2,1H3. The van der Waals surface area contributed by atoms with Crippen LogP contribution in [-0.2, 0) is 11.2 Å². The van der Waals surface area contributed by atoms with E-state index in [2.05, 4.69) is 25.3 Å². The molecular weight excluding hydrogens is 322 g/mol. The maximum atomic E-state index is 12.6. The number of nitrogens with zero attached hydrogens (tertiary/aromatic N) is 4. The van der Waals surface area contributed by atoms with Gasteiger partial charge in [-0.05, 0) is 18.6 Å². The van der Waals surface area contributed by atoms with Crippen LogP contribution in [0, 0.1) is 6.92 Å². The minimum atomic E-state index is 0.188. The summed E-state index contributed by atoms with van der Waals surface area (Å²) in [7, 11) is 0. The number of carbonyl (C=O) groups excluding carboxylic acids is 1. The molecule has 1 amide bonds. The zero-order valence-electron chi connectivity index (χ0n) is 13.5. The highest BCUT2D eigenvalue weighted by molar-refractivity contribution is 7.09. The number of hydrogen-bond acceptors (Lipinski definition) is 5. The summed E-state index contributed by atoms with van der Waals surface area (Å²) < 4.78 is 4.23. The number of para-hydroxylation sites is 1. The molecule has 1 aromatic carbocycles. The van der Waals surface area contributed by atoms with Crippen molar-refractivity contribution in [2.24, 2.45) is 0 Å². The van der Waals surface area contributed by atoms with E-state index < -0.39 is 0 Å². The van der Waals surface area contributed by atoms with Crippen LogP contribution < -0.4 is 4.90 Å². The SMILES string of the molecule is Cc1nsc(N2CCN(C(=O)Cc3c[nH]c4ccccc34)CC2)n1. The first-order valence-corrected chi connectivity index (χ1v) is 8.86. The van der Waals surface area contributed by atoms with Crippen molar-refractivity contribution in [1.29, 1.82) is 0 Å². The van der Waals surface area contributed by atoms with E-state index in [4.69, 9.17) is 0 Å². The Kier molecular flexibility index (Phi) is 3.93. The largest absolute Gasteiger partial charge is 0.361 e. The number of hydrogen-bond donors (Lipinski definition) is 1. The van der Waals surface area contributed by atoms with Crippen LogP contribution in [0.5, 0.6) is 0 Å². The maximum Gasteiger partial charge on any atom is 0.227 e. The lowest BCUT2D eigenvalue weighted by Gasteiger charge is -2.34. The number of nitrogens with one attached hydrogen (secondary N) is 1. The van der Waals surface area contributed by atoms with E-state index in [9.17, 15) is 4.79 Å². The van der Waals surface area contributed by atoms with Crippen LogP contribution >= 0.6 is 11.5 Å². The van der Waals surface area contributed by atoms with Gasteiger partial charge < -0.3 is 14.8 Å². The van der Waals surface area contributed by atoms with E-state index in [0.29, 0.717) is 6.42 Å². The first-order valence-electron chi connectivity index (χ1n) is 8.09. The van der Waals surface area contributed by atoms with Gasteiger partial charge in [0.05, 0.1) is 6.42 Å². The minimum Gasteiger partial charge on any atom is -0.361 e. The molecule has 124 valence electrons. The molecule has 0 radical (unpaired) electrons. The average molecular weight is 341 g/mol. The predicted molar refractivity (Wildman–Crippen MR) is 95.4 cm³/mol. The van der Waals surface area contributed by atoms with E-state index in [1.54, 1.807) is 0 Å². The highest BCUT2D eigenvalue weighted by Gasteiger charge is 2.23. The van der Waals surface area contributed by atoms with Gasteiger partial charge in [-0.3, -0.25) is 4.79 Å². The fourth-order valence-corrected chi connectivity index (χ4v) is 3.84. The number of aryl methyl sites for hydroxylation is 1. The summed E-state index contributed by atoms with van der Waals surface area (Å²) in [6, 6.07) is 8.10. The maximum absolute atomic E-state index is 12.6. The van der Waals surface area contributed by atoms with Gasteiger partial charge in [0.1, 0.15) is 5.82 Å². The molecule has 1 aliphatic rings. The molecule has 6 nitrogen and oxygen atoms in total. The van der Waals surface area contributed by atoms with Gasteiger partial charge in [0.2, 0.25) is 11.0 Å². The molecule has 3 aromatic rings. The monoisotopic (exact) mass is 341 g/mol. The van der Waals surface area contributed by atoms with E-state index in [1.807, 2.05) is 36.2 Å². The van der Waals surface area contributed by atoms with Gasteiger partial charge in [0.15, 0.2) is 0 Å². The van der Waals surface area contributed by atoms with Crippen LogP contribution in [0.4, 0.5) is 5.13 Å². The summed E-state index contributed by atoms with van der Waals surface area (Å²) in [4.78, 5) is 24.4. The fraction of sp³-hybridized carbons (Fsp3) is 0.353. The van der Waals surface area contributed by atoms with Crippen LogP contribution in [0.15, 0.2) is 30.5 Å². The summed E-state index contributed by atoms with van der Waals surface area (Å²) in [5, 5.41) is 2.09.